The third-order valence-corrected chi connectivity index (χ3v) is 3.10. The van der Waals surface area contributed by atoms with Gasteiger partial charge in [0.05, 0.1) is 6.61 Å². The summed E-state index contributed by atoms with van der Waals surface area (Å²) in [5, 5.41) is 10.5. The number of halogens is 2. The third-order valence-electron chi connectivity index (χ3n) is 2.86. The van der Waals surface area contributed by atoms with Crippen LogP contribution < -0.4 is 0 Å². The normalized spacial score (nSPS) is 12.4. The van der Waals surface area contributed by atoms with Gasteiger partial charge in [-0.2, -0.15) is 0 Å². The first-order chi connectivity index (χ1) is 9.11. The van der Waals surface area contributed by atoms with E-state index >= 15 is 0 Å². The highest BCUT2D eigenvalue weighted by Gasteiger charge is 2.15. The molecule has 100 valence electrons. The highest BCUT2D eigenvalue weighted by molar-refractivity contribution is 6.30. The third kappa shape index (κ3) is 3.32. The lowest BCUT2D eigenvalue weighted by Gasteiger charge is -2.13. The van der Waals surface area contributed by atoms with Crippen LogP contribution in [0.3, 0.4) is 0 Å². The average Bonchev–Trinajstić information content (AvgIpc) is 2.39. The van der Waals surface area contributed by atoms with Crippen molar-refractivity contribution in [1.29, 1.82) is 0 Å². The predicted octanol–water partition coefficient (Wildman–Crippen LogP) is 3.71. The van der Waals surface area contributed by atoms with Gasteiger partial charge < -0.3 is 9.84 Å². The minimum Gasteiger partial charge on any atom is -0.384 e. The summed E-state index contributed by atoms with van der Waals surface area (Å²) in [7, 11) is 1.62. The summed E-state index contributed by atoms with van der Waals surface area (Å²) >= 11 is 5.69. The van der Waals surface area contributed by atoms with E-state index in [2.05, 4.69) is 0 Å². The fourth-order valence-corrected chi connectivity index (χ4v) is 2.02. The minimum absolute atomic E-state index is 0.212. The molecule has 0 saturated heterocycles. The maximum absolute atomic E-state index is 13.7. The molecule has 0 aliphatic heterocycles. The molecule has 0 aliphatic rings. The lowest BCUT2D eigenvalue weighted by Crippen LogP contribution is -2.02. The molecule has 0 aliphatic carbocycles. The number of methoxy groups -OCH3 is 1. The summed E-state index contributed by atoms with van der Waals surface area (Å²) in [6.45, 7) is 0.506. The predicted molar refractivity (Wildman–Crippen MR) is 72.6 cm³/mol. The van der Waals surface area contributed by atoms with Gasteiger partial charge in [-0.15, -0.1) is 0 Å². The molecule has 0 saturated carbocycles. The van der Waals surface area contributed by atoms with E-state index in [-0.39, 0.29) is 5.56 Å². The van der Waals surface area contributed by atoms with E-state index in [4.69, 9.17) is 16.3 Å². The molecule has 2 nitrogen and oxygen atoms in total. The van der Waals surface area contributed by atoms with Crippen LogP contribution in [0, 0.1) is 5.82 Å². The Morgan fingerprint density at radius 1 is 1.21 bits per heavy atom. The fraction of sp³-hybridized carbons (Fsp3) is 0.200. The Bertz CT molecular complexity index is 555. The van der Waals surface area contributed by atoms with Crippen molar-refractivity contribution in [2.75, 3.05) is 7.11 Å². The Morgan fingerprint density at radius 3 is 2.47 bits per heavy atom. The second kappa shape index (κ2) is 6.15. The Kier molecular flexibility index (Phi) is 4.53. The summed E-state index contributed by atoms with van der Waals surface area (Å²) in [6.07, 6.45) is -1.01. The van der Waals surface area contributed by atoms with Gasteiger partial charge in [0.2, 0.25) is 0 Å². The van der Waals surface area contributed by atoms with E-state index < -0.39 is 11.9 Å². The maximum Gasteiger partial charge on any atom is 0.130 e. The van der Waals surface area contributed by atoms with Gasteiger partial charge in [-0.25, -0.2) is 4.39 Å². The first-order valence-electron chi connectivity index (χ1n) is 5.82. The lowest BCUT2D eigenvalue weighted by molar-refractivity contribution is 0.184. The number of rotatable bonds is 4. The summed E-state index contributed by atoms with van der Waals surface area (Å²) in [5.41, 5.74) is 1.83. The van der Waals surface area contributed by atoms with Crippen molar-refractivity contribution in [2.45, 2.75) is 12.7 Å². The maximum atomic E-state index is 13.7. The largest absolute Gasteiger partial charge is 0.384 e. The summed E-state index contributed by atoms with van der Waals surface area (Å²) in [6, 6.07) is 11.4. The van der Waals surface area contributed by atoms with Crippen LogP contribution in [0.5, 0.6) is 0 Å². The zero-order valence-corrected chi connectivity index (χ0v) is 11.2. The molecular weight excluding hydrogens is 267 g/mol. The van der Waals surface area contributed by atoms with Gasteiger partial charge in [0, 0.05) is 17.7 Å². The fourth-order valence-electron chi connectivity index (χ4n) is 1.87. The van der Waals surface area contributed by atoms with E-state index in [1.54, 1.807) is 25.3 Å². The molecule has 2 aromatic carbocycles. The molecular formula is C15H14ClFO2. The molecule has 4 heteroatoms. The zero-order chi connectivity index (χ0) is 13.8. The van der Waals surface area contributed by atoms with Gasteiger partial charge in [0.1, 0.15) is 11.9 Å². The topological polar surface area (TPSA) is 29.5 Å². The molecule has 0 aromatic heterocycles. The van der Waals surface area contributed by atoms with Crippen LogP contribution in [-0.4, -0.2) is 12.2 Å². The molecule has 1 atom stereocenters. The quantitative estimate of drug-likeness (QED) is 0.925. The van der Waals surface area contributed by atoms with Crippen molar-refractivity contribution >= 4 is 11.6 Å². The lowest BCUT2D eigenvalue weighted by atomic mass is 10.00. The van der Waals surface area contributed by atoms with Crippen molar-refractivity contribution in [3.8, 4) is 0 Å². The van der Waals surface area contributed by atoms with Crippen LogP contribution in [0.2, 0.25) is 5.02 Å². The van der Waals surface area contributed by atoms with E-state index in [0.29, 0.717) is 17.2 Å². The Labute approximate surface area is 116 Å². The van der Waals surface area contributed by atoms with Gasteiger partial charge in [-0.3, -0.25) is 0 Å². The van der Waals surface area contributed by atoms with Crippen LogP contribution in [0.25, 0.3) is 0 Å². The second-order valence-electron chi connectivity index (χ2n) is 4.24. The summed E-state index contributed by atoms with van der Waals surface area (Å²) in [5.74, 6) is -0.513. The van der Waals surface area contributed by atoms with E-state index in [9.17, 15) is 9.50 Å². The molecule has 0 bridgehead atoms. The molecule has 19 heavy (non-hydrogen) atoms. The molecule has 2 aromatic rings. The Balaban J connectivity index is 2.25. The Morgan fingerprint density at radius 2 is 1.89 bits per heavy atom. The zero-order valence-electron chi connectivity index (χ0n) is 10.4. The van der Waals surface area contributed by atoms with Crippen LogP contribution in [0.1, 0.15) is 22.8 Å². The van der Waals surface area contributed by atoms with Crippen molar-refractivity contribution in [3.63, 3.8) is 0 Å². The van der Waals surface area contributed by atoms with Gasteiger partial charge in [-0.05, 0) is 23.3 Å². The monoisotopic (exact) mass is 280 g/mol. The molecule has 1 N–H and O–H groups in total. The van der Waals surface area contributed by atoms with Gasteiger partial charge in [0.15, 0.2) is 0 Å². The highest BCUT2D eigenvalue weighted by Crippen LogP contribution is 2.26. The number of hydrogen-bond acceptors (Lipinski definition) is 2. The molecule has 0 amide bonds. The summed E-state index contributed by atoms with van der Waals surface area (Å²) < 4.78 is 18.7. The van der Waals surface area contributed by atoms with Crippen molar-refractivity contribution in [1.82, 2.24) is 0 Å². The van der Waals surface area contributed by atoms with Crippen molar-refractivity contribution in [3.05, 3.63) is 70.0 Å². The number of hydrogen-bond donors (Lipinski definition) is 1. The minimum atomic E-state index is -1.01. The van der Waals surface area contributed by atoms with Gasteiger partial charge >= 0.3 is 0 Å². The first-order valence-corrected chi connectivity index (χ1v) is 6.20. The number of benzene rings is 2. The number of ether oxygens (including phenoxy) is 1. The smallest absolute Gasteiger partial charge is 0.130 e. The molecule has 2 rings (SSSR count). The van der Waals surface area contributed by atoms with E-state index in [1.807, 2.05) is 12.1 Å². The summed E-state index contributed by atoms with van der Waals surface area (Å²) in [4.78, 5) is 0. The molecule has 0 fully saturated rings. The number of aliphatic hydroxyl groups excluding tert-OH is 1. The van der Waals surface area contributed by atoms with Crippen LogP contribution in [0.15, 0.2) is 42.5 Å². The van der Waals surface area contributed by atoms with Crippen LogP contribution >= 0.6 is 11.6 Å². The van der Waals surface area contributed by atoms with Crippen molar-refractivity contribution < 1.29 is 14.2 Å². The molecule has 0 spiro atoms. The average molecular weight is 281 g/mol. The highest BCUT2D eigenvalue weighted by atomic mass is 35.5. The first kappa shape index (κ1) is 14.0. The number of aliphatic hydroxyl groups is 1. The standard InChI is InChI=1S/C15H14ClFO2/c1-19-9-10-2-4-11(5-3-10)15(18)13-7-6-12(16)8-14(13)17/h2-8,15,18H,9H2,1H3. The Hall–Kier alpha value is -1.42. The van der Waals surface area contributed by atoms with Gasteiger partial charge in [0.25, 0.3) is 0 Å². The molecule has 0 heterocycles. The molecule has 1 unspecified atom stereocenters. The molecule has 0 radical (unpaired) electrons. The van der Waals surface area contributed by atoms with Crippen LogP contribution in [-0.2, 0) is 11.3 Å². The SMILES string of the molecule is COCc1ccc(C(O)c2ccc(Cl)cc2F)cc1. The van der Waals surface area contributed by atoms with Gasteiger partial charge in [-0.1, -0.05) is 41.9 Å². The van der Waals surface area contributed by atoms with E-state index in [1.165, 1.54) is 12.1 Å². The second-order valence-corrected chi connectivity index (χ2v) is 4.68. The van der Waals surface area contributed by atoms with Crippen molar-refractivity contribution in [2.24, 2.45) is 0 Å². The van der Waals surface area contributed by atoms with E-state index in [0.717, 1.165) is 5.56 Å². The van der Waals surface area contributed by atoms with Crippen LogP contribution in [0.4, 0.5) is 4.39 Å².